The van der Waals surface area contributed by atoms with Crippen molar-refractivity contribution in [3.05, 3.63) is 53.8 Å². The van der Waals surface area contributed by atoms with E-state index >= 15 is 0 Å². The van der Waals surface area contributed by atoms with Gasteiger partial charge in [-0.1, -0.05) is 6.07 Å². The van der Waals surface area contributed by atoms with E-state index in [2.05, 4.69) is 10.0 Å². The Bertz CT molecular complexity index is 1020. The summed E-state index contributed by atoms with van der Waals surface area (Å²) in [5.74, 6) is 0.482. The van der Waals surface area contributed by atoms with Gasteiger partial charge in [0.2, 0.25) is 15.9 Å². The monoisotopic (exact) mass is 464 g/mol. The van der Waals surface area contributed by atoms with Gasteiger partial charge in [0.1, 0.15) is 5.82 Å². The van der Waals surface area contributed by atoms with Crippen molar-refractivity contribution in [2.75, 3.05) is 13.7 Å². The number of rotatable bonds is 10. The molecular formula is C23H29FN2O5S. The van der Waals surface area contributed by atoms with Crippen LogP contribution in [0.4, 0.5) is 4.39 Å². The van der Waals surface area contributed by atoms with Crippen LogP contribution < -0.4 is 19.5 Å². The fourth-order valence-electron chi connectivity index (χ4n) is 3.63. The summed E-state index contributed by atoms with van der Waals surface area (Å²) in [5.41, 5.74) is 0.848. The molecule has 2 aromatic rings. The zero-order chi connectivity index (χ0) is 23.1. The number of carbonyl (C=O) groups is 1. The lowest BCUT2D eigenvalue weighted by molar-refractivity contribution is -0.121. The molecule has 1 amide bonds. The minimum absolute atomic E-state index is 0.0369. The van der Waals surface area contributed by atoms with Gasteiger partial charge in [0.05, 0.1) is 24.2 Å². The van der Waals surface area contributed by atoms with Crippen LogP contribution in [0.3, 0.4) is 0 Å². The Morgan fingerprint density at radius 1 is 1.12 bits per heavy atom. The summed E-state index contributed by atoms with van der Waals surface area (Å²) < 4.78 is 51.2. The molecule has 2 N–H and O–H groups in total. The first kappa shape index (κ1) is 24.0. The molecule has 0 saturated heterocycles. The van der Waals surface area contributed by atoms with E-state index in [0.717, 1.165) is 30.5 Å². The van der Waals surface area contributed by atoms with Crippen molar-refractivity contribution < 1.29 is 27.1 Å². The van der Waals surface area contributed by atoms with Gasteiger partial charge in [-0.25, -0.2) is 17.5 Å². The molecule has 2 aromatic carbocycles. The Kier molecular flexibility index (Phi) is 8.09. The van der Waals surface area contributed by atoms with E-state index in [1.165, 1.54) is 25.0 Å². The van der Waals surface area contributed by atoms with Crippen molar-refractivity contribution in [1.29, 1.82) is 0 Å². The minimum atomic E-state index is -3.80. The van der Waals surface area contributed by atoms with Crippen molar-refractivity contribution >= 4 is 15.9 Å². The van der Waals surface area contributed by atoms with Crippen LogP contribution >= 0.6 is 0 Å². The third kappa shape index (κ3) is 6.43. The summed E-state index contributed by atoms with van der Waals surface area (Å²) >= 11 is 0. The third-order valence-corrected chi connectivity index (χ3v) is 6.91. The van der Waals surface area contributed by atoms with Gasteiger partial charge in [0.25, 0.3) is 0 Å². The Labute approximate surface area is 188 Å². The molecule has 0 spiro atoms. The van der Waals surface area contributed by atoms with Gasteiger partial charge in [-0.2, -0.15) is 0 Å². The molecule has 174 valence electrons. The lowest BCUT2D eigenvalue weighted by atomic mass is 10.1. The van der Waals surface area contributed by atoms with Crippen molar-refractivity contribution in [2.24, 2.45) is 0 Å². The molecule has 1 atom stereocenters. The Balaban J connectivity index is 1.51. The van der Waals surface area contributed by atoms with Crippen LogP contribution in [0.2, 0.25) is 0 Å². The largest absolute Gasteiger partial charge is 0.493 e. The fraction of sp³-hybridized carbons (Fsp3) is 0.435. The Morgan fingerprint density at radius 3 is 2.47 bits per heavy atom. The second-order valence-electron chi connectivity index (χ2n) is 7.83. The fourth-order valence-corrected chi connectivity index (χ4v) is 4.66. The number of carbonyl (C=O) groups excluding carboxylic acids is 1. The molecule has 3 rings (SSSR count). The van der Waals surface area contributed by atoms with Gasteiger partial charge in [0, 0.05) is 13.0 Å². The second kappa shape index (κ2) is 10.8. The lowest BCUT2D eigenvalue weighted by Gasteiger charge is -2.19. The average molecular weight is 465 g/mol. The summed E-state index contributed by atoms with van der Waals surface area (Å²) in [6.07, 6.45) is 4.61. The molecular weight excluding hydrogens is 435 g/mol. The van der Waals surface area contributed by atoms with Crippen LogP contribution in [0.5, 0.6) is 11.5 Å². The van der Waals surface area contributed by atoms with Gasteiger partial charge >= 0.3 is 0 Å². The number of hydrogen-bond acceptors (Lipinski definition) is 5. The van der Waals surface area contributed by atoms with Crippen molar-refractivity contribution in [3.8, 4) is 11.5 Å². The SMILES string of the molecule is COc1cc(C(C)NC(=O)CCNS(=O)(=O)c2ccc(F)cc2)ccc1OC1CCCC1. The van der Waals surface area contributed by atoms with Gasteiger partial charge in [0.15, 0.2) is 11.5 Å². The highest BCUT2D eigenvalue weighted by atomic mass is 32.2. The molecule has 32 heavy (non-hydrogen) atoms. The van der Waals surface area contributed by atoms with Gasteiger partial charge in [-0.3, -0.25) is 4.79 Å². The van der Waals surface area contributed by atoms with Crippen molar-refractivity contribution in [1.82, 2.24) is 10.0 Å². The Morgan fingerprint density at radius 2 is 1.81 bits per heavy atom. The second-order valence-corrected chi connectivity index (χ2v) is 9.59. The zero-order valence-corrected chi connectivity index (χ0v) is 19.1. The smallest absolute Gasteiger partial charge is 0.240 e. The van der Waals surface area contributed by atoms with E-state index in [1.807, 2.05) is 25.1 Å². The number of hydrogen-bond donors (Lipinski definition) is 2. The molecule has 0 aliphatic heterocycles. The lowest BCUT2D eigenvalue weighted by Crippen LogP contribution is -2.32. The van der Waals surface area contributed by atoms with E-state index in [4.69, 9.17) is 9.47 Å². The Hall–Kier alpha value is -2.65. The highest BCUT2D eigenvalue weighted by Crippen LogP contribution is 2.33. The van der Waals surface area contributed by atoms with Crippen LogP contribution in [0, 0.1) is 5.82 Å². The number of halogens is 1. The molecule has 0 aromatic heterocycles. The van der Waals surface area contributed by atoms with Crippen LogP contribution in [0.15, 0.2) is 47.4 Å². The first-order valence-corrected chi connectivity index (χ1v) is 12.2. The maximum absolute atomic E-state index is 13.0. The number of amides is 1. The molecule has 1 unspecified atom stereocenters. The first-order chi connectivity index (χ1) is 15.3. The summed E-state index contributed by atoms with van der Waals surface area (Å²) in [7, 11) is -2.22. The highest BCUT2D eigenvalue weighted by molar-refractivity contribution is 7.89. The molecule has 0 radical (unpaired) electrons. The summed E-state index contributed by atoms with van der Waals surface area (Å²) in [5, 5.41) is 2.85. The molecule has 1 aliphatic carbocycles. The van der Waals surface area contributed by atoms with Crippen molar-refractivity contribution in [3.63, 3.8) is 0 Å². The number of nitrogens with one attached hydrogen (secondary N) is 2. The van der Waals surface area contributed by atoms with Gasteiger partial charge < -0.3 is 14.8 Å². The van der Waals surface area contributed by atoms with Gasteiger partial charge in [-0.15, -0.1) is 0 Å². The van der Waals surface area contributed by atoms with E-state index in [-0.39, 0.29) is 35.9 Å². The summed E-state index contributed by atoms with van der Waals surface area (Å²) in [6, 6.07) is 9.77. The van der Waals surface area contributed by atoms with Gasteiger partial charge in [-0.05, 0) is 74.6 Å². The van der Waals surface area contributed by atoms with Crippen LogP contribution in [-0.4, -0.2) is 34.1 Å². The standard InChI is InChI=1S/C23H29FN2O5S/c1-16(17-7-12-21(22(15-17)30-2)31-19-5-3-4-6-19)26-23(27)13-14-25-32(28,29)20-10-8-18(24)9-11-20/h7-12,15-16,19,25H,3-6,13-14H2,1-2H3,(H,26,27). The quantitative estimate of drug-likeness (QED) is 0.559. The van der Waals surface area contributed by atoms with Crippen molar-refractivity contribution in [2.45, 2.75) is 56.1 Å². The van der Waals surface area contributed by atoms with Crippen LogP contribution in [0.1, 0.15) is 50.6 Å². The van der Waals surface area contributed by atoms with Crippen LogP contribution in [-0.2, 0) is 14.8 Å². The molecule has 9 heteroatoms. The highest BCUT2D eigenvalue weighted by Gasteiger charge is 2.20. The summed E-state index contributed by atoms with van der Waals surface area (Å²) in [6.45, 7) is 1.77. The number of sulfonamides is 1. The minimum Gasteiger partial charge on any atom is -0.493 e. The topological polar surface area (TPSA) is 93.7 Å². The number of benzene rings is 2. The predicted octanol–water partition coefficient (Wildman–Crippen LogP) is 3.70. The summed E-state index contributed by atoms with van der Waals surface area (Å²) in [4.78, 5) is 12.2. The maximum atomic E-state index is 13.0. The van der Waals surface area contributed by atoms with E-state index in [0.29, 0.717) is 11.5 Å². The molecule has 0 bridgehead atoms. The predicted molar refractivity (Wildman–Crippen MR) is 119 cm³/mol. The number of methoxy groups -OCH3 is 1. The molecule has 1 aliphatic rings. The van der Waals surface area contributed by atoms with E-state index < -0.39 is 15.8 Å². The zero-order valence-electron chi connectivity index (χ0n) is 18.3. The third-order valence-electron chi connectivity index (χ3n) is 5.43. The molecule has 0 heterocycles. The molecule has 1 saturated carbocycles. The normalized spacial score (nSPS) is 15.3. The molecule has 7 nitrogen and oxygen atoms in total. The first-order valence-electron chi connectivity index (χ1n) is 10.7. The number of ether oxygens (including phenoxy) is 2. The van der Waals surface area contributed by atoms with E-state index in [1.54, 1.807) is 7.11 Å². The van der Waals surface area contributed by atoms with Crippen LogP contribution in [0.25, 0.3) is 0 Å². The molecule has 1 fully saturated rings. The average Bonchev–Trinajstić information content (AvgIpc) is 3.27. The maximum Gasteiger partial charge on any atom is 0.240 e. The van der Waals surface area contributed by atoms with E-state index in [9.17, 15) is 17.6 Å².